The first-order chi connectivity index (χ1) is 4.68. The van der Waals surface area contributed by atoms with E-state index in [1.165, 1.54) is 0 Å². The lowest BCUT2D eigenvalue weighted by atomic mass is 10.2. The molecule has 0 heterocycles. The molecule has 0 rings (SSSR count). The zero-order valence-corrected chi connectivity index (χ0v) is 5.37. The molecule has 0 aliphatic heterocycles. The summed E-state index contributed by atoms with van der Waals surface area (Å²) in [6, 6.07) is 0. The van der Waals surface area contributed by atoms with Gasteiger partial charge in [-0.15, -0.1) is 0 Å². The average molecular weight is 144 g/mol. The Labute approximate surface area is 58.5 Å². The van der Waals surface area contributed by atoms with Gasteiger partial charge in [-0.2, -0.15) is 0 Å². The number of hydrogen-bond acceptors (Lipinski definition) is 3. The molecule has 0 saturated carbocycles. The molecule has 1 unspecified atom stereocenters. The Morgan fingerprint density at radius 2 is 2.20 bits per heavy atom. The van der Waals surface area contributed by atoms with Crippen molar-refractivity contribution in [1.29, 1.82) is 0 Å². The van der Waals surface area contributed by atoms with E-state index in [0.717, 1.165) is 0 Å². The van der Waals surface area contributed by atoms with Crippen LogP contribution >= 0.6 is 0 Å². The number of hydrogen-bond donors (Lipinski definition) is 1. The summed E-state index contributed by atoms with van der Waals surface area (Å²) in [7, 11) is 0. The standard InChI is InChI=1S/C6H8O4/c7-4-2-1-3-5(8)6(9)10/h5,8H,1-3H2. The summed E-state index contributed by atoms with van der Waals surface area (Å²) in [6.45, 7) is 0. The molecule has 0 aromatic carbocycles. The Morgan fingerprint density at radius 3 is 2.60 bits per heavy atom. The van der Waals surface area contributed by atoms with Crippen molar-refractivity contribution in [3.05, 3.63) is 0 Å². The molecule has 56 valence electrons. The second-order valence-corrected chi connectivity index (χ2v) is 1.87. The van der Waals surface area contributed by atoms with Crippen LogP contribution < -0.4 is 0 Å². The third-order valence-electron chi connectivity index (χ3n) is 1.03. The Hall–Kier alpha value is -0.900. The Morgan fingerprint density at radius 1 is 1.60 bits per heavy atom. The molecule has 0 spiro atoms. The number of rotatable bonds is 5. The van der Waals surface area contributed by atoms with Gasteiger partial charge >= 0.3 is 5.97 Å². The fraction of sp³-hybridized carbons (Fsp3) is 0.667. The van der Waals surface area contributed by atoms with Gasteiger partial charge in [0.25, 0.3) is 0 Å². The fourth-order valence-corrected chi connectivity index (χ4v) is 0.485. The summed E-state index contributed by atoms with van der Waals surface area (Å²) in [5.41, 5.74) is 0. The lowest BCUT2D eigenvalue weighted by Gasteiger charge is -1.98. The van der Waals surface area contributed by atoms with Gasteiger partial charge in [-0.25, -0.2) is 9.90 Å². The lowest BCUT2D eigenvalue weighted by Crippen LogP contribution is -2.17. The Kier molecular flexibility index (Phi) is 4.49. The maximum absolute atomic E-state index is 9.83. The molecular formula is C6H8O4. The molecule has 4 nitrogen and oxygen atoms in total. The van der Waals surface area contributed by atoms with Crippen LogP contribution in [0.15, 0.2) is 0 Å². The summed E-state index contributed by atoms with van der Waals surface area (Å²) in [4.78, 5) is 19.4. The molecule has 2 radical (unpaired) electrons. The van der Waals surface area contributed by atoms with E-state index in [2.05, 4.69) is 0 Å². The van der Waals surface area contributed by atoms with Gasteiger partial charge < -0.3 is 5.11 Å². The van der Waals surface area contributed by atoms with Crippen molar-refractivity contribution in [2.45, 2.75) is 25.4 Å². The molecule has 1 atom stereocenters. The number of carbonyl (C=O) groups excluding carboxylic acids is 2. The summed E-state index contributed by atoms with van der Waals surface area (Å²) in [6.07, 6.45) is 0.679. The van der Waals surface area contributed by atoms with Crippen LogP contribution in [0.5, 0.6) is 0 Å². The molecule has 0 amide bonds. The van der Waals surface area contributed by atoms with E-state index in [9.17, 15) is 14.7 Å². The quantitative estimate of drug-likeness (QED) is 0.532. The van der Waals surface area contributed by atoms with E-state index < -0.39 is 12.1 Å². The first kappa shape index (κ1) is 9.10. The molecule has 0 saturated heterocycles. The van der Waals surface area contributed by atoms with Crippen molar-refractivity contribution in [2.24, 2.45) is 0 Å². The summed E-state index contributed by atoms with van der Waals surface area (Å²) >= 11 is 0. The van der Waals surface area contributed by atoms with Crippen molar-refractivity contribution >= 4 is 12.3 Å². The molecule has 0 bridgehead atoms. The van der Waals surface area contributed by atoms with Gasteiger partial charge in [0, 0.05) is 6.42 Å². The number of unbranched alkanes of at least 4 members (excludes halogenated alkanes) is 1. The van der Waals surface area contributed by atoms with E-state index in [-0.39, 0.29) is 12.8 Å². The number of carbonyl (C=O) groups is 1. The van der Waals surface area contributed by atoms with Crippen LogP contribution in [0.25, 0.3) is 0 Å². The van der Waals surface area contributed by atoms with Crippen molar-refractivity contribution in [3.8, 4) is 0 Å². The summed E-state index contributed by atoms with van der Waals surface area (Å²) in [5.74, 6) is -1.49. The smallest absolute Gasteiger partial charge is 0.381 e. The highest BCUT2D eigenvalue weighted by atomic mass is 16.4. The number of aliphatic hydroxyl groups is 1. The number of aliphatic hydroxyl groups excluding tert-OH is 1. The van der Waals surface area contributed by atoms with Crippen LogP contribution in [0.1, 0.15) is 19.3 Å². The fourth-order valence-electron chi connectivity index (χ4n) is 0.485. The molecule has 0 fully saturated rings. The predicted octanol–water partition coefficient (Wildman–Crippen LogP) is -0.416. The minimum Gasteiger partial charge on any atom is -0.381 e. The van der Waals surface area contributed by atoms with Crippen LogP contribution in [0.3, 0.4) is 0 Å². The molecule has 0 aromatic rings. The SMILES string of the molecule is [O]C(=O)C(O)CCC[C]=O. The topological polar surface area (TPSA) is 74.3 Å². The van der Waals surface area contributed by atoms with Crippen LogP contribution in [-0.2, 0) is 14.7 Å². The van der Waals surface area contributed by atoms with Crippen LogP contribution in [0.2, 0.25) is 0 Å². The summed E-state index contributed by atoms with van der Waals surface area (Å²) < 4.78 is 0. The van der Waals surface area contributed by atoms with Crippen molar-refractivity contribution < 1.29 is 19.8 Å². The van der Waals surface area contributed by atoms with Gasteiger partial charge in [0.2, 0.25) is 0 Å². The second-order valence-electron chi connectivity index (χ2n) is 1.87. The molecule has 0 aliphatic carbocycles. The molecule has 1 N–H and O–H groups in total. The normalized spacial score (nSPS) is 12.5. The highest BCUT2D eigenvalue weighted by molar-refractivity contribution is 5.71. The van der Waals surface area contributed by atoms with Gasteiger partial charge in [-0.1, -0.05) is 0 Å². The van der Waals surface area contributed by atoms with Crippen LogP contribution in [0.4, 0.5) is 0 Å². The first-order valence-electron chi connectivity index (χ1n) is 2.92. The van der Waals surface area contributed by atoms with Gasteiger partial charge in [-0.3, -0.25) is 4.79 Å². The van der Waals surface area contributed by atoms with E-state index in [0.29, 0.717) is 6.42 Å². The molecule has 0 aromatic heterocycles. The third-order valence-corrected chi connectivity index (χ3v) is 1.03. The summed E-state index contributed by atoms with van der Waals surface area (Å²) in [5, 5.41) is 18.4. The van der Waals surface area contributed by atoms with Crippen molar-refractivity contribution in [1.82, 2.24) is 0 Å². The maximum Gasteiger partial charge on any atom is 0.383 e. The average Bonchev–Trinajstić information content (AvgIpc) is 1.88. The predicted molar refractivity (Wildman–Crippen MR) is 31.2 cm³/mol. The third kappa shape index (κ3) is 4.03. The highest BCUT2D eigenvalue weighted by Gasteiger charge is 2.13. The van der Waals surface area contributed by atoms with E-state index in [1.54, 1.807) is 6.29 Å². The minimum absolute atomic E-state index is 0.0531. The second kappa shape index (κ2) is 4.93. The molecule has 10 heavy (non-hydrogen) atoms. The van der Waals surface area contributed by atoms with Gasteiger partial charge in [0.05, 0.1) is 0 Å². The molecule has 4 heteroatoms. The van der Waals surface area contributed by atoms with Crippen molar-refractivity contribution in [3.63, 3.8) is 0 Å². The largest absolute Gasteiger partial charge is 0.383 e. The highest BCUT2D eigenvalue weighted by Crippen LogP contribution is 1.98. The Bertz CT molecular complexity index is 121. The Balaban J connectivity index is 3.30. The van der Waals surface area contributed by atoms with Gasteiger partial charge in [-0.05, 0) is 12.8 Å². The first-order valence-corrected chi connectivity index (χ1v) is 2.92. The van der Waals surface area contributed by atoms with E-state index in [1.807, 2.05) is 0 Å². The lowest BCUT2D eigenvalue weighted by molar-refractivity contribution is -0.153. The van der Waals surface area contributed by atoms with Crippen LogP contribution in [-0.4, -0.2) is 23.5 Å². The van der Waals surface area contributed by atoms with E-state index >= 15 is 0 Å². The monoisotopic (exact) mass is 144 g/mol. The zero-order valence-electron chi connectivity index (χ0n) is 5.37. The van der Waals surface area contributed by atoms with Gasteiger partial charge in [0.1, 0.15) is 0 Å². The zero-order chi connectivity index (χ0) is 7.98. The van der Waals surface area contributed by atoms with E-state index in [4.69, 9.17) is 5.11 Å². The minimum atomic E-state index is -1.49. The van der Waals surface area contributed by atoms with Gasteiger partial charge in [0.15, 0.2) is 12.4 Å². The maximum atomic E-state index is 9.83. The molecule has 0 aliphatic rings. The molecular weight excluding hydrogens is 136 g/mol. The van der Waals surface area contributed by atoms with Crippen molar-refractivity contribution in [2.75, 3.05) is 0 Å². The van der Waals surface area contributed by atoms with Crippen LogP contribution in [0, 0.1) is 0 Å².